The average Bonchev–Trinajstić information content (AvgIpc) is 4.19. The number of aromatic hydroxyl groups is 1. The number of aliphatic hydroxyl groups excluding tert-OH is 2. The maximum Gasteiger partial charge on any atom is 0.254 e. The first kappa shape index (κ1) is 44.3. The first-order chi connectivity index (χ1) is 33.6. The fourth-order valence-electron chi connectivity index (χ4n) is 12.7. The molecule has 358 valence electrons. The number of aromatic nitrogens is 1. The van der Waals surface area contributed by atoms with Gasteiger partial charge in [-0.25, -0.2) is 0 Å². The third-order valence-electron chi connectivity index (χ3n) is 16.3. The van der Waals surface area contributed by atoms with E-state index in [9.17, 15) is 25.2 Å². The van der Waals surface area contributed by atoms with Gasteiger partial charge in [-0.2, -0.15) is 0 Å². The fraction of sp³-hybridized carbons (Fsp3) is 0.455. The Balaban J connectivity index is 1.08. The van der Waals surface area contributed by atoms with E-state index in [1.54, 1.807) is 25.3 Å². The van der Waals surface area contributed by atoms with Crippen molar-refractivity contribution in [3.63, 3.8) is 0 Å². The summed E-state index contributed by atoms with van der Waals surface area (Å²) in [7, 11) is 1.54. The van der Waals surface area contributed by atoms with E-state index in [0.29, 0.717) is 47.2 Å². The molecular weight excluding hydrogens is 879 g/mol. The normalized spacial score (nSPS) is 29.0. The predicted molar refractivity (Wildman–Crippen MR) is 255 cm³/mol. The third kappa shape index (κ3) is 7.31. The van der Waals surface area contributed by atoms with Crippen molar-refractivity contribution < 1.29 is 53.7 Å². The average molecular weight is 936 g/mol. The molecule has 8 atom stereocenters. The number of ketones is 1. The molecular formula is C55H57N3O11. The van der Waals surface area contributed by atoms with Crippen LogP contribution in [-0.4, -0.2) is 105 Å². The van der Waals surface area contributed by atoms with Crippen molar-refractivity contribution in [1.29, 1.82) is 0 Å². The number of hydrogen-bond acceptors (Lipinski definition) is 12. The molecule has 0 spiro atoms. The van der Waals surface area contributed by atoms with Gasteiger partial charge in [0.05, 0.1) is 43.4 Å². The van der Waals surface area contributed by atoms with E-state index in [1.807, 2.05) is 24.4 Å². The molecule has 5 aromatic rings. The monoisotopic (exact) mass is 935 g/mol. The number of methoxy groups -OCH3 is 1. The Labute approximate surface area is 399 Å². The summed E-state index contributed by atoms with van der Waals surface area (Å²) in [5.41, 5.74) is 4.51. The highest BCUT2D eigenvalue weighted by atomic mass is 16.7. The Morgan fingerprint density at radius 3 is 2.72 bits per heavy atom. The lowest BCUT2D eigenvalue weighted by Gasteiger charge is -2.47. The highest BCUT2D eigenvalue weighted by Crippen LogP contribution is 2.56. The van der Waals surface area contributed by atoms with Gasteiger partial charge in [-0.05, 0) is 114 Å². The molecule has 8 bridgehead atoms. The van der Waals surface area contributed by atoms with Crippen LogP contribution in [0, 0.1) is 17.9 Å². The van der Waals surface area contributed by atoms with Gasteiger partial charge < -0.3 is 59.3 Å². The minimum atomic E-state index is -2.44. The molecule has 69 heavy (non-hydrogen) atoms. The molecule has 1 amide bonds. The first-order valence-corrected chi connectivity index (χ1v) is 24.6. The molecule has 14 nitrogen and oxygen atoms in total. The van der Waals surface area contributed by atoms with Gasteiger partial charge in [0.2, 0.25) is 6.29 Å². The second-order valence-corrected chi connectivity index (χ2v) is 20.1. The fourth-order valence-corrected chi connectivity index (χ4v) is 12.7. The molecule has 5 heterocycles. The number of H-pyrrole nitrogens is 1. The van der Waals surface area contributed by atoms with Crippen LogP contribution >= 0.6 is 0 Å². The lowest BCUT2D eigenvalue weighted by Crippen LogP contribution is -2.70. The van der Waals surface area contributed by atoms with Crippen LogP contribution in [0.25, 0.3) is 27.8 Å². The van der Waals surface area contributed by atoms with Crippen LogP contribution in [0.4, 0.5) is 0 Å². The number of nitrogens with zero attached hydrogens (tertiary/aromatic N) is 1. The molecule has 4 aromatic carbocycles. The predicted octanol–water partition coefficient (Wildman–Crippen LogP) is 6.61. The van der Waals surface area contributed by atoms with Gasteiger partial charge in [-0.15, -0.1) is 0 Å². The summed E-state index contributed by atoms with van der Waals surface area (Å²) in [6.45, 7) is -0.595. The largest absolute Gasteiger partial charge is 0.506 e. The number of rotatable bonds is 6. The van der Waals surface area contributed by atoms with E-state index in [-0.39, 0.29) is 60.4 Å². The number of ether oxygens (including phenoxy) is 5. The van der Waals surface area contributed by atoms with E-state index in [4.69, 9.17) is 23.7 Å². The molecule has 0 unspecified atom stereocenters. The number of fused-ring (bicyclic) bond motifs is 10. The van der Waals surface area contributed by atoms with Crippen LogP contribution < -0.4 is 14.8 Å². The quantitative estimate of drug-likeness (QED) is 0.100. The Bertz CT molecular complexity index is 3000. The van der Waals surface area contributed by atoms with E-state index in [2.05, 4.69) is 40.5 Å². The van der Waals surface area contributed by atoms with E-state index < -0.39 is 48.7 Å². The van der Waals surface area contributed by atoms with Gasteiger partial charge >= 0.3 is 0 Å². The first-order valence-electron chi connectivity index (χ1n) is 24.6. The molecule has 14 heteroatoms. The van der Waals surface area contributed by atoms with Crippen molar-refractivity contribution in [3.8, 4) is 29.3 Å². The third-order valence-corrected chi connectivity index (χ3v) is 16.3. The topological polar surface area (TPSA) is 192 Å². The van der Waals surface area contributed by atoms with Crippen molar-refractivity contribution >= 4 is 39.4 Å². The zero-order chi connectivity index (χ0) is 47.1. The van der Waals surface area contributed by atoms with E-state index in [0.717, 1.165) is 70.0 Å². The number of aryl methyl sites for hydroxylation is 1. The summed E-state index contributed by atoms with van der Waals surface area (Å²) in [4.78, 5) is 34.2. The summed E-state index contributed by atoms with van der Waals surface area (Å²) in [5.74, 6) is 2.70. The molecule has 1 saturated heterocycles. The number of phenols is 1. The van der Waals surface area contributed by atoms with E-state index >= 15 is 4.79 Å². The maximum atomic E-state index is 15.2. The Kier molecular flexibility index (Phi) is 11.2. The number of aliphatic hydroxyl groups is 3. The Hall–Kier alpha value is -5.92. The molecule has 3 aliphatic carbocycles. The van der Waals surface area contributed by atoms with Crippen LogP contribution in [0.3, 0.4) is 0 Å². The van der Waals surface area contributed by atoms with Crippen molar-refractivity contribution in [3.05, 3.63) is 105 Å². The van der Waals surface area contributed by atoms with Crippen molar-refractivity contribution in [2.24, 2.45) is 5.92 Å². The van der Waals surface area contributed by atoms with Crippen LogP contribution in [0.1, 0.15) is 123 Å². The smallest absolute Gasteiger partial charge is 0.254 e. The number of aromatic amines is 1. The van der Waals surface area contributed by atoms with Gasteiger partial charge in [-0.3, -0.25) is 9.59 Å². The van der Waals surface area contributed by atoms with Crippen LogP contribution in [0.2, 0.25) is 0 Å². The number of carbonyl (C=O) groups is 2. The summed E-state index contributed by atoms with van der Waals surface area (Å²) in [6.07, 6.45) is 10.6. The van der Waals surface area contributed by atoms with Crippen LogP contribution in [0.5, 0.6) is 17.2 Å². The van der Waals surface area contributed by atoms with Gasteiger partial charge in [0.15, 0.2) is 17.5 Å². The number of Topliss-reactive ketones (excluding diaryl/α,β-unsaturated/α-hetero) is 1. The zero-order valence-corrected chi connectivity index (χ0v) is 38.6. The van der Waals surface area contributed by atoms with Crippen LogP contribution in [0.15, 0.2) is 54.7 Å². The Morgan fingerprint density at radius 1 is 1.01 bits per heavy atom. The van der Waals surface area contributed by atoms with Crippen molar-refractivity contribution in [2.45, 2.75) is 126 Å². The summed E-state index contributed by atoms with van der Waals surface area (Å²) in [6, 6.07) is 14.1. The molecule has 3 fully saturated rings. The molecule has 4 aliphatic heterocycles. The number of nitrogens with one attached hydrogen (secondary N) is 2. The standard InChI is InChI=1S/C55H57N3O11/c1-65-44-22-38-34-16-15-31-8-4-12-33(31)46(34)48-42(60)26-58-25-40-30(7-5-13-35(40)53(58)63)9-6-20-66-52-49(61)45-27-67-43(19-17-36(44)51(47(38)50(48)62)69-54(68-45)55(52,64)28-59)39-24-57-41-18-14-29(21-37(39)41)23-56-32-10-2-3-11-32/h5,7,13-14,17-19,21-22,24,31-33,43,45,49,52,54,56-57,59,61-62,64H,2-4,8-12,15-16,23,25-28H2,1H3/b19-17+/t31-,33+,43-,45-,49-,52+,54-,55-/m1/s1. The van der Waals surface area contributed by atoms with Crippen molar-refractivity contribution in [2.75, 3.05) is 26.9 Å². The molecule has 6 N–H and O–H groups in total. The highest BCUT2D eigenvalue weighted by molar-refractivity contribution is 6.13. The number of carbonyl (C=O) groups excluding carboxylic acids is 2. The molecule has 12 rings (SSSR count). The van der Waals surface area contributed by atoms with Gasteiger partial charge in [0.25, 0.3) is 5.91 Å². The number of phenolic OH excluding ortho intramolecular Hbond substituents is 1. The molecule has 1 aromatic heterocycles. The number of hydrogen-bond donors (Lipinski definition) is 6. The van der Waals surface area contributed by atoms with Crippen molar-refractivity contribution in [1.82, 2.24) is 15.2 Å². The lowest BCUT2D eigenvalue weighted by atomic mass is 9.72. The summed E-state index contributed by atoms with van der Waals surface area (Å²) >= 11 is 0. The second kappa shape index (κ2) is 17.5. The van der Waals surface area contributed by atoms with Crippen LogP contribution in [-0.2, 0) is 40.1 Å². The highest BCUT2D eigenvalue weighted by Gasteiger charge is 2.59. The molecule has 7 aliphatic rings. The lowest BCUT2D eigenvalue weighted by molar-refractivity contribution is -0.328. The minimum Gasteiger partial charge on any atom is -0.506 e. The van der Waals surface area contributed by atoms with Gasteiger partial charge in [-0.1, -0.05) is 49.5 Å². The summed E-state index contributed by atoms with van der Waals surface area (Å²) < 4.78 is 32.5. The zero-order valence-electron chi connectivity index (χ0n) is 38.6. The van der Waals surface area contributed by atoms with E-state index in [1.165, 1.54) is 30.6 Å². The Morgan fingerprint density at radius 2 is 1.88 bits per heavy atom. The summed E-state index contributed by atoms with van der Waals surface area (Å²) in [5, 5.41) is 54.4. The minimum absolute atomic E-state index is 0.00982. The van der Waals surface area contributed by atoms with Gasteiger partial charge in [0.1, 0.15) is 41.7 Å². The maximum absolute atomic E-state index is 15.2. The number of benzene rings is 4. The SMILES string of the molecule is COc1cc2c3c(c4c(O)c2c2c1/C=C/[C@H](c1c[nH]c5ccc(CNC6CCCC6)cc15)OC[C@H]1O[C@H](O2)[C@@](O)(CO)[C@@H](OC#CCc2cccc5c2CN(CC4=O)C5=O)[C@@H]1O)[C@H]1CCC[C@@H]1CC3. The second-order valence-electron chi connectivity index (χ2n) is 20.1. The number of amides is 1. The molecule has 2 saturated carbocycles. The molecule has 0 radical (unpaired) electrons. The van der Waals surface area contributed by atoms with Gasteiger partial charge in [0, 0.05) is 53.8 Å².